The summed E-state index contributed by atoms with van der Waals surface area (Å²) in [7, 11) is 0. The van der Waals surface area contributed by atoms with Crippen LogP contribution in [0.15, 0.2) is 0 Å². The van der Waals surface area contributed by atoms with Gasteiger partial charge in [0.25, 0.3) is 0 Å². The average molecular weight is 148 g/mol. The van der Waals surface area contributed by atoms with Crippen LogP contribution in [-0.4, -0.2) is 33.5 Å². The van der Waals surface area contributed by atoms with Crippen LogP contribution in [0.1, 0.15) is 19.8 Å². The Morgan fingerprint density at radius 1 is 1.50 bits per heavy atom. The third kappa shape index (κ3) is 5.53. The monoisotopic (exact) mass is 148 g/mol. The van der Waals surface area contributed by atoms with Crippen molar-refractivity contribution >= 4 is 5.97 Å². The van der Waals surface area contributed by atoms with Gasteiger partial charge >= 0.3 is 5.97 Å². The normalized spacial score (nSPS) is 16.3. The summed E-state index contributed by atoms with van der Waals surface area (Å²) in [6.07, 6.45) is -1.76. The van der Waals surface area contributed by atoms with Gasteiger partial charge in [0.05, 0.1) is 18.6 Å². The van der Waals surface area contributed by atoms with Gasteiger partial charge in [0.15, 0.2) is 0 Å². The molecule has 0 radical (unpaired) electrons. The molecule has 0 aromatic heterocycles. The number of aliphatic carboxylic acids is 1. The van der Waals surface area contributed by atoms with Crippen molar-refractivity contribution in [1.29, 1.82) is 0 Å². The lowest BCUT2D eigenvalue weighted by Gasteiger charge is -2.08. The van der Waals surface area contributed by atoms with E-state index < -0.39 is 18.2 Å². The molecule has 0 aliphatic heterocycles. The Morgan fingerprint density at radius 2 is 2.00 bits per heavy atom. The van der Waals surface area contributed by atoms with Crippen LogP contribution in [0.25, 0.3) is 0 Å². The minimum Gasteiger partial charge on any atom is -0.481 e. The number of carboxylic acids is 1. The maximum atomic E-state index is 9.95. The van der Waals surface area contributed by atoms with E-state index in [1.807, 2.05) is 0 Å². The van der Waals surface area contributed by atoms with Gasteiger partial charge in [-0.1, -0.05) is 0 Å². The molecule has 0 aliphatic rings. The number of hydrogen-bond donors (Lipinski definition) is 3. The Balaban J connectivity index is 3.43. The van der Waals surface area contributed by atoms with E-state index in [4.69, 9.17) is 15.3 Å². The zero-order valence-corrected chi connectivity index (χ0v) is 5.82. The molecule has 60 valence electrons. The fourth-order valence-electron chi connectivity index (χ4n) is 0.679. The van der Waals surface area contributed by atoms with Crippen molar-refractivity contribution in [3.05, 3.63) is 0 Å². The smallest absolute Gasteiger partial charge is 0.305 e. The zero-order chi connectivity index (χ0) is 8.15. The maximum Gasteiger partial charge on any atom is 0.305 e. The Bertz CT molecular complexity index is 110. The van der Waals surface area contributed by atoms with Gasteiger partial charge in [-0.3, -0.25) is 4.79 Å². The van der Waals surface area contributed by atoms with Gasteiger partial charge in [0.2, 0.25) is 0 Å². The predicted octanol–water partition coefficient (Wildman–Crippen LogP) is -0.407. The highest BCUT2D eigenvalue weighted by Crippen LogP contribution is 2.01. The van der Waals surface area contributed by atoms with Crippen molar-refractivity contribution in [3.8, 4) is 0 Å². The number of aliphatic hydroxyl groups is 2. The molecule has 0 aliphatic carbocycles. The highest BCUT2D eigenvalue weighted by atomic mass is 16.4. The summed E-state index contributed by atoms with van der Waals surface area (Å²) >= 11 is 0. The van der Waals surface area contributed by atoms with E-state index in [0.29, 0.717) is 0 Å². The molecule has 2 atom stereocenters. The van der Waals surface area contributed by atoms with Gasteiger partial charge in [-0.05, 0) is 13.3 Å². The van der Waals surface area contributed by atoms with Gasteiger partial charge in [0, 0.05) is 0 Å². The molecule has 0 aromatic rings. The second-order valence-electron chi connectivity index (χ2n) is 2.34. The molecule has 4 heteroatoms. The number of rotatable bonds is 4. The molecule has 4 nitrogen and oxygen atoms in total. The fourth-order valence-corrected chi connectivity index (χ4v) is 0.679. The molecule has 0 fully saturated rings. The van der Waals surface area contributed by atoms with E-state index in [9.17, 15) is 4.79 Å². The van der Waals surface area contributed by atoms with E-state index in [1.165, 1.54) is 6.92 Å². The van der Waals surface area contributed by atoms with Gasteiger partial charge in [-0.15, -0.1) is 0 Å². The third-order valence-corrected chi connectivity index (χ3v) is 1.02. The molecule has 0 unspecified atom stereocenters. The summed E-state index contributed by atoms with van der Waals surface area (Å²) in [5.74, 6) is -1.05. The summed E-state index contributed by atoms with van der Waals surface area (Å²) in [5.41, 5.74) is 0. The second-order valence-corrected chi connectivity index (χ2v) is 2.34. The Hall–Kier alpha value is -0.610. The Labute approximate surface area is 59.1 Å². The minimum atomic E-state index is -1.05. The van der Waals surface area contributed by atoms with Gasteiger partial charge in [0.1, 0.15) is 0 Å². The highest BCUT2D eigenvalue weighted by molar-refractivity contribution is 5.67. The molecule has 0 saturated carbocycles. The number of aliphatic hydroxyl groups excluding tert-OH is 2. The average Bonchev–Trinajstić information content (AvgIpc) is 1.58. The molecular weight excluding hydrogens is 136 g/mol. The molecule has 0 rings (SSSR count). The molecule has 0 aromatic carbocycles. The first-order chi connectivity index (χ1) is 4.52. The van der Waals surface area contributed by atoms with Crippen molar-refractivity contribution in [3.63, 3.8) is 0 Å². The van der Waals surface area contributed by atoms with Crippen molar-refractivity contribution in [2.24, 2.45) is 0 Å². The lowest BCUT2D eigenvalue weighted by Crippen LogP contribution is -2.18. The van der Waals surface area contributed by atoms with Crippen molar-refractivity contribution < 1.29 is 20.1 Å². The Morgan fingerprint density at radius 3 is 2.30 bits per heavy atom. The molecule has 3 N–H and O–H groups in total. The van der Waals surface area contributed by atoms with E-state index >= 15 is 0 Å². The van der Waals surface area contributed by atoms with Gasteiger partial charge in [-0.2, -0.15) is 0 Å². The summed E-state index contributed by atoms with van der Waals surface area (Å²) in [4.78, 5) is 9.95. The Kier molecular flexibility index (Phi) is 3.99. The molecule has 0 saturated heterocycles. The molecule has 10 heavy (non-hydrogen) atoms. The number of carboxylic acid groups (broad SMARTS) is 1. The number of hydrogen-bond acceptors (Lipinski definition) is 3. The molecule has 0 heterocycles. The standard InChI is InChI=1S/C6H12O4/c1-4(7)2-5(8)3-6(9)10/h4-5,7-8H,2-3H2,1H3,(H,9,10)/t4-,5-/m1/s1. The summed E-state index contributed by atoms with van der Waals surface area (Å²) in [6.45, 7) is 1.51. The van der Waals surface area contributed by atoms with Crippen LogP contribution >= 0.6 is 0 Å². The first kappa shape index (κ1) is 9.39. The van der Waals surface area contributed by atoms with Gasteiger partial charge < -0.3 is 15.3 Å². The van der Waals surface area contributed by atoms with E-state index in [1.54, 1.807) is 0 Å². The zero-order valence-electron chi connectivity index (χ0n) is 5.82. The van der Waals surface area contributed by atoms with Crippen LogP contribution in [0.4, 0.5) is 0 Å². The maximum absolute atomic E-state index is 9.95. The molecular formula is C6H12O4. The minimum absolute atomic E-state index is 0.117. The van der Waals surface area contributed by atoms with Crippen LogP contribution in [0.2, 0.25) is 0 Å². The lowest BCUT2D eigenvalue weighted by molar-refractivity contribution is -0.139. The third-order valence-electron chi connectivity index (χ3n) is 1.02. The first-order valence-corrected chi connectivity index (χ1v) is 3.10. The summed E-state index contributed by atoms with van der Waals surface area (Å²) in [6, 6.07) is 0. The van der Waals surface area contributed by atoms with Gasteiger partial charge in [-0.25, -0.2) is 0 Å². The van der Waals surface area contributed by atoms with Crippen molar-refractivity contribution in [2.75, 3.05) is 0 Å². The second kappa shape index (κ2) is 4.24. The SMILES string of the molecule is C[C@@H](O)C[C@@H](O)CC(=O)O. The first-order valence-electron chi connectivity index (χ1n) is 3.10. The number of carbonyl (C=O) groups is 1. The molecule has 0 amide bonds. The largest absolute Gasteiger partial charge is 0.481 e. The van der Waals surface area contributed by atoms with Crippen LogP contribution in [-0.2, 0) is 4.79 Å². The van der Waals surface area contributed by atoms with Crippen LogP contribution < -0.4 is 0 Å². The van der Waals surface area contributed by atoms with E-state index in [0.717, 1.165) is 0 Å². The van der Waals surface area contributed by atoms with E-state index in [2.05, 4.69) is 0 Å². The topological polar surface area (TPSA) is 77.8 Å². The van der Waals surface area contributed by atoms with Crippen LogP contribution in [0.3, 0.4) is 0 Å². The van der Waals surface area contributed by atoms with Crippen LogP contribution in [0.5, 0.6) is 0 Å². The van der Waals surface area contributed by atoms with Crippen LogP contribution in [0, 0.1) is 0 Å². The molecule has 0 spiro atoms. The van der Waals surface area contributed by atoms with Crippen molar-refractivity contribution in [2.45, 2.75) is 32.0 Å². The highest BCUT2D eigenvalue weighted by Gasteiger charge is 2.11. The predicted molar refractivity (Wildman–Crippen MR) is 34.6 cm³/mol. The van der Waals surface area contributed by atoms with E-state index in [-0.39, 0.29) is 12.8 Å². The quantitative estimate of drug-likeness (QED) is 0.506. The molecule has 0 bridgehead atoms. The summed E-state index contributed by atoms with van der Waals surface area (Å²) in [5, 5.41) is 25.7. The van der Waals surface area contributed by atoms with Crippen molar-refractivity contribution in [1.82, 2.24) is 0 Å². The lowest BCUT2D eigenvalue weighted by atomic mass is 10.1. The summed E-state index contributed by atoms with van der Waals surface area (Å²) < 4.78 is 0. The fraction of sp³-hybridized carbons (Fsp3) is 0.833.